The summed E-state index contributed by atoms with van der Waals surface area (Å²) in [5.74, 6) is -0.775. The van der Waals surface area contributed by atoms with E-state index >= 15 is 0 Å². The highest BCUT2D eigenvalue weighted by atomic mass is 16.5. The van der Waals surface area contributed by atoms with Crippen LogP contribution in [0.4, 0.5) is 0 Å². The number of para-hydroxylation sites is 1. The van der Waals surface area contributed by atoms with E-state index < -0.39 is 24.3 Å². The average Bonchev–Trinajstić information content (AvgIpc) is 3.53. The third-order valence-corrected chi connectivity index (χ3v) is 6.07. The fourth-order valence-electron chi connectivity index (χ4n) is 4.49. The van der Waals surface area contributed by atoms with Gasteiger partial charge in [0.2, 0.25) is 0 Å². The van der Waals surface area contributed by atoms with Crippen molar-refractivity contribution < 1.29 is 28.6 Å². The Balaban J connectivity index is 1.74. The van der Waals surface area contributed by atoms with Crippen LogP contribution in [0, 0.1) is 0 Å². The third-order valence-electron chi connectivity index (χ3n) is 6.07. The first-order valence-corrected chi connectivity index (χ1v) is 11.0. The first-order chi connectivity index (χ1) is 17.0. The van der Waals surface area contributed by atoms with Gasteiger partial charge in [0.25, 0.3) is 11.8 Å². The Morgan fingerprint density at radius 2 is 1.46 bits per heavy atom. The number of carbonyl (C=O) groups is 3. The molecule has 178 valence electrons. The van der Waals surface area contributed by atoms with Crippen LogP contribution in [0.5, 0.6) is 11.5 Å². The van der Waals surface area contributed by atoms with Crippen LogP contribution < -0.4 is 9.47 Å². The highest BCUT2D eigenvalue weighted by Crippen LogP contribution is 2.42. The van der Waals surface area contributed by atoms with Gasteiger partial charge in [-0.05, 0) is 19.1 Å². The lowest BCUT2D eigenvalue weighted by molar-refractivity contribution is -0.150. The third kappa shape index (κ3) is 3.52. The van der Waals surface area contributed by atoms with E-state index in [1.807, 2.05) is 24.3 Å². The van der Waals surface area contributed by atoms with Crippen LogP contribution in [0.15, 0.2) is 48.8 Å². The van der Waals surface area contributed by atoms with Crippen molar-refractivity contribution in [1.82, 2.24) is 14.9 Å². The van der Waals surface area contributed by atoms with Crippen LogP contribution in [0.1, 0.15) is 18.1 Å². The maximum Gasteiger partial charge on any atom is 0.326 e. The van der Waals surface area contributed by atoms with Gasteiger partial charge in [-0.25, -0.2) is 0 Å². The van der Waals surface area contributed by atoms with Crippen molar-refractivity contribution in [1.29, 1.82) is 0 Å². The van der Waals surface area contributed by atoms with E-state index in [4.69, 9.17) is 14.2 Å². The average molecular weight is 473 g/mol. The Labute approximate surface area is 200 Å². The maximum atomic E-state index is 13.7. The van der Waals surface area contributed by atoms with Crippen molar-refractivity contribution in [3.63, 3.8) is 0 Å². The van der Waals surface area contributed by atoms with Crippen molar-refractivity contribution in [2.75, 3.05) is 27.4 Å². The maximum absolute atomic E-state index is 13.7. The van der Waals surface area contributed by atoms with Crippen molar-refractivity contribution in [3.05, 3.63) is 59.9 Å². The number of H-pyrrole nitrogens is 2. The zero-order chi connectivity index (χ0) is 24.7. The van der Waals surface area contributed by atoms with Gasteiger partial charge in [-0.15, -0.1) is 0 Å². The molecule has 0 unspecified atom stereocenters. The number of imide groups is 1. The summed E-state index contributed by atoms with van der Waals surface area (Å²) < 4.78 is 15.8. The van der Waals surface area contributed by atoms with Gasteiger partial charge in [-0.1, -0.05) is 18.2 Å². The molecule has 2 aromatic heterocycles. The minimum Gasteiger partial charge on any atom is -0.493 e. The molecular formula is C26H23N3O6. The smallest absolute Gasteiger partial charge is 0.326 e. The second kappa shape index (κ2) is 8.68. The molecule has 5 rings (SSSR count). The lowest BCUT2D eigenvalue weighted by Crippen LogP contribution is -2.37. The van der Waals surface area contributed by atoms with Gasteiger partial charge >= 0.3 is 5.97 Å². The highest BCUT2D eigenvalue weighted by Gasteiger charge is 2.42. The zero-order valence-electron chi connectivity index (χ0n) is 19.4. The number of amides is 2. The van der Waals surface area contributed by atoms with Crippen molar-refractivity contribution in [2.24, 2.45) is 0 Å². The molecule has 35 heavy (non-hydrogen) atoms. The van der Waals surface area contributed by atoms with Crippen LogP contribution in [-0.2, 0) is 19.1 Å². The highest BCUT2D eigenvalue weighted by molar-refractivity contribution is 6.51. The lowest BCUT2D eigenvalue weighted by atomic mass is 9.95. The summed E-state index contributed by atoms with van der Waals surface area (Å²) in [7, 11) is 3.07. The molecule has 0 fully saturated rings. The summed E-state index contributed by atoms with van der Waals surface area (Å²) in [5, 5.41) is 1.47. The lowest BCUT2D eigenvalue weighted by Gasteiger charge is -2.14. The molecule has 0 spiro atoms. The fourth-order valence-corrected chi connectivity index (χ4v) is 4.49. The van der Waals surface area contributed by atoms with Gasteiger partial charge in [0.15, 0.2) is 11.5 Å². The molecule has 4 aromatic rings. The molecule has 0 atom stereocenters. The van der Waals surface area contributed by atoms with Crippen LogP contribution in [0.3, 0.4) is 0 Å². The van der Waals surface area contributed by atoms with E-state index in [9.17, 15) is 14.4 Å². The molecule has 2 N–H and O–H groups in total. The number of aromatic nitrogens is 2. The summed E-state index contributed by atoms with van der Waals surface area (Å²) in [4.78, 5) is 46.8. The number of hydrogen-bond acceptors (Lipinski definition) is 6. The van der Waals surface area contributed by atoms with E-state index in [0.29, 0.717) is 33.5 Å². The number of methoxy groups -OCH3 is 2. The molecule has 9 nitrogen and oxygen atoms in total. The van der Waals surface area contributed by atoms with E-state index in [-0.39, 0.29) is 17.8 Å². The molecule has 1 aliphatic heterocycles. The van der Waals surface area contributed by atoms with Crippen molar-refractivity contribution in [2.45, 2.75) is 6.92 Å². The van der Waals surface area contributed by atoms with E-state index in [2.05, 4.69) is 9.97 Å². The van der Waals surface area contributed by atoms with Gasteiger partial charge < -0.3 is 24.2 Å². The van der Waals surface area contributed by atoms with Crippen molar-refractivity contribution in [3.8, 4) is 11.5 Å². The van der Waals surface area contributed by atoms with Gasteiger partial charge in [-0.2, -0.15) is 0 Å². The van der Waals surface area contributed by atoms with Gasteiger partial charge in [0.1, 0.15) is 6.54 Å². The minimum absolute atomic E-state index is 0.148. The second-order valence-corrected chi connectivity index (χ2v) is 7.95. The Morgan fingerprint density at radius 3 is 2.11 bits per heavy atom. The van der Waals surface area contributed by atoms with Crippen molar-refractivity contribution >= 4 is 50.7 Å². The largest absolute Gasteiger partial charge is 0.493 e. The summed E-state index contributed by atoms with van der Waals surface area (Å²) in [6.45, 7) is 1.34. The summed E-state index contributed by atoms with van der Waals surface area (Å²) in [6, 6.07) is 11.0. The number of ether oxygens (including phenoxy) is 3. The van der Waals surface area contributed by atoms with Gasteiger partial charge in [0, 0.05) is 51.4 Å². The summed E-state index contributed by atoms with van der Waals surface area (Å²) in [5.41, 5.74) is 3.03. The second-order valence-electron chi connectivity index (χ2n) is 7.95. The summed E-state index contributed by atoms with van der Waals surface area (Å²) in [6.07, 6.45) is 3.38. The SMILES string of the molecule is CCOC(=O)CN1C(=O)C(c2c[nH]c3ccccc23)=C(c2c[nH]c3cc(OC)c(OC)cc23)C1=O. The number of carbonyl (C=O) groups excluding carboxylic acids is 3. The predicted molar refractivity (Wildman–Crippen MR) is 130 cm³/mol. The Hall–Kier alpha value is -4.53. The van der Waals surface area contributed by atoms with Crippen LogP contribution in [-0.4, -0.2) is 60.0 Å². The van der Waals surface area contributed by atoms with E-state index in [1.165, 1.54) is 14.2 Å². The normalized spacial score (nSPS) is 13.9. The number of benzene rings is 2. The molecule has 0 bridgehead atoms. The Morgan fingerprint density at radius 1 is 0.857 bits per heavy atom. The van der Waals surface area contributed by atoms with Gasteiger partial charge in [0.05, 0.1) is 32.0 Å². The van der Waals surface area contributed by atoms with Crippen LogP contribution in [0.2, 0.25) is 0 Å². The topological polar surface area (TPSA) is 114 Å². The number of rotatable bonds is 7. The van der Waals surface area contributed by atoms with E-state index in [1.54, 1.807) is 31.5 Å². The Bertz CT molecular complexity index is 1530. The van der Waals surface area contributed by atoms with Gasteiger partial charge in [-0.3, -0.25) is 19.3 Å². The number of nitrogens with zero attached hydrogens (tertiary/aromatic N) is 1. The van der Waals surface area contributed by atoms with E-state index in [0.717, 1.165) is 15.8 Å². The molecule has 1 aliphatic rings. The molecule has 2 amide bonds. The predicted octanol–water partition coefficient (Wildman–Crippen LogP) is 3.51. The molecule has 0 saturated carbocycles. The molecular weight excluding hydrogens is 450 g/mol. The monoisotopic (exact) mass is 473 g/mol. The minimum atomic E-state index is -0.654. The fraction of sp³-hybridized carbons (Fsp3) is 0.192. The van der Waals surface area contributed by atoms with Crippen LogP contribution >= 0.6 is 0 Å². The van der Waals surface area contributed by atoms with Crippen LogP contribution in [0.25, 0.3) is 33.0 Å². The number of fused-ring (bicyclic) bond motifs is 2. The first kappa shape index (κ1) is 22.3. The summed E-state index contributed by atoms with van der Waals surface area (Å²) >= 11 is 0. The first-order valence-electron chi connectivity index (χ1n) is 11.0. The number of nitrogens with one attached hydrogen (secondary N) is 2. The molecule has 0 radical (unpaired) electrons. The Kier molecular flexibility index (Phi) is 5.52. The standard InChI is InChI=1S/C26H23N3O6/c1-4-35-22(30)13-29-25(31)23(16-11-27-18-8-6-5-7-14(16)18)24(26(29)32)17-12-28-19-10-21(34-3)20(33-2)9-15(17)19/h5-12,27-28H,4,13H2,1-3H3. The molecule has 2 aromatic carbocycles. The number of aromatic amines is 2. The number of hydrogen-bond donors (Lipinski definition) is 2. The molecule has 0 saturated heterocycles. The molecule has 3 heterocycles. The quantitative estimate of drug-likeness (QED) is 0.314. The zero-order valence-corrected chi connectivity index (χ0v) is 19.4. The molecule has 0 aliphatic carbocycles. The molecule has 9 heteroatoms. The number of esters is 1.